The van der Waals surface area contributed by atoms with Gasteiger partial charge in [-0.25, -0.2) is 0 Å². The summed E-state index contributed by atoms with van der Waals surface area (Å²) in [6.07, 6.45) is 0.735. The average Bonchev–Trinajstić information content (AvgIpc) is 3.26. The maximum absolute atomic E-state index is 12.6. The van der Waals surface area contributed by atoms with Gasteiger partial charge >= 0.3 is 0 Å². The summed E-state index contributed by atoms with van der Waals surface area (Å²) in [7, 11) is 0. The van der Waals surface area contributed by atoms with Crippen LogP contribution in [0.25, 0.3) is 0 Å². The zero-order chi connectivity index (χ0) is 25.9. The summed E-state index contributed by atoms with van der Waals surface area (Å²) in [5.41, 5.74) is 4.53. The van der Waals surface area contributed by atoms with Gasteiger partial charge in [0, 0.05) is 24.6 Å². The molecule has 1 aliphatic rings. The summed E-state index contributed by atoms with van der Waals surface area (Å²) in [4.78, 5) is 13.7. The highest BCUT2D eigenvalue weighted by Crippen LogP contribution is 2.56. The second kappa shape index (κ2) is 11.5. The number of amides is 1. The predicted octanol–water partition coefficient (Wildman–Crippen LogP) is 8.39. The van der Waals surface area contributed by atoms with Crippen molar-refractivity contribution in [2.24, 2.45) is 0 Å². The van der Waals surface area contributed by atoms with Crippen molar-refractivity contribution in [3.63, 3.8) is 0 Å². The van der Waals surface area contributed by atoms with Crippen molar-refractivity contribution in [3.05, 3.63) is 121 Å². The van der Waals surface area contributed by atoms with Gasteiger partial charge in [0.15, 0.2) is 5.11 Å². The molecule has 1 amide bonds. The Morgan fingerprint density at radius 2 is 1.57 bits per heavy atom. The summed E-state index contributed by atoms with van der Waals surface area (Å²) in [6.45, 7) is 0. The monoisotopic (exact) mass is 667 g/mol. The molecule has 184 valence electrons. The van der Waals surface area contributed by atoms with E-state index in [1.54, 1.807) is 24.3 Å². The summed E-state index contributed by atoms with van der Waals surface area (Å²) in [5.74, 6) is -0.295. The molecule has 5 rings (SSSR count). The number of carbonyl (C=O) groups excluding carboxylic acids is 1. The molecule has 0 spiro atoms. The molecule has 2 N–H and O–H groups in total. The van der Waals surface area contributed by atoms with Gasteiger partial charge in [-0.3, -0.25) is 10.1 Å². The van der Waals surface area contributed by atoms with Crippen molar-refractivity contribution in [2.75, 3.05) is 5.32 Å². The van der Waals surface area contributed by atoms with Crippen molar-refractivity contribution in [2.45, 2.75) is 16.9 Å². The first kappa shape index (κ1) is 26.1. The number of nitrogens with one attached hydrogen (secondary N) is 2. The molecule has 0 fully saturated rings. The SMILES string of the molecule is N#Cc1c(NC(=S)NC(=O)c2ccccc2)sc2c1CC(c1ccc(Br)cc1)SC2c1ccc(Br)cc1. The molecular weight excluding hydrogens is 650 g/mol. The molecule has 0 aliphatic carbocycles. The third kappa shape index (κ3) is 5.84. The van der Waals surface area contributed by atoms with Crippen LogP contribution in [0, 0.1) is 11.3 Å². The Morgan fingerprint density at radius 3 is 2.19 bits per heavy atom. The van der Waals surface area contributed by atoms with Crippen LogP contribution in [0.15, 0.2) is 87.8 Å². The van der Waals surface area contributed by atoms with Crippen LogP contribution >= 0.6 is 67.2 Å². The highest BCUT2D eigenvalue weighted by atomic mass is 79.9. The summed E-state index contributed by atoms with van der Waals surface area (Å²) in [5, 5.41) is 17.1. The average molecular weight is 669 g/mol. The lowest BCUT2D eigenvalue weighted by molar-refractivity contribution is 0.0977. The van der Waals surface area contributed by atoms with Gasteiger partial charge in [-0.2, -0.15) is 5.26 Å². The van der Waals surface area contributed by atoms with E-state index in [1.165, 1.54) is 22.5 Å². The standard InChI is InChI=1S/C28H19Br2N3OS3/c29-19-10-6-16(7-11-19)23-14-21-22(15-31)27(33-28(35)32-26(34)18-4-2-1-3-5-18)37-25(21)24(36-23)17-8-12-20(30)13-9-17/h1-13,23-24H,14H2,(H2,32,33,34,35). The van der Waals surface area contributed by atoms with Crippen LogP contribution in [0.1, 0.15) is 48.0 Å². The number of fused-ring (bicyclic) bond motifs is 1. The minimum Gasteiger partial charge on any atom is -0.323 e. The van der Waals surface area contributed by atoms with Crippen molar-refractivity contribution in [3.8, 4) is 6.07 Å². The van der Waals surface area contributed by atoms with Gasteiger partial charge in [-0.05, 0) is 71.7 Å². The van der Waals surface area contributed by atoms with E-state index in [0.29, 0.717) is 16.1 Å². The van der Waals surface area contributed by atoms with Crippen LogP contribution in [0.3, 0.4) is 0 Å². The van der Waals surface area contributed by atoms with Crippen molar-refractivity contribution in [1.82, 2.24) is 5.32 Å². The summed E-state index contributed by atoms with van der Waals surface area (Å²) in [6, 6.07) is 28.0. The van der Waals surface area contributed by atoms with E-state index in [4.69, 9.17) is 12.2 Å². The first-order chi connectivity index (χ1) is 17.9. The number of halogens is 2. The second-order valence-corrected chi connectivity index (χ2v) is 13.0. The van der Waals surface area contributed by atoms with E-state index in [2.05, 4.69) is 85.0 Å². The van der Waals surface area contributed by atoms with Crippen molar-refractivity contribution in [1.29, 1.82) is 5.26 Å². The number of rotatable bonds is 4. The van der Waals surface area contributed by atoms with Gasteiger partial charge in [0.2, 0.25) is 0 Å². The molecule has 4 aromatic rings. The molecule has 1 aliphatic heterocycles. The van der Waals surface area contributed by atoms with Crippen molar-refractivity contribution >= 4 is 83.2 Å². The number of nitrogens with zero attached hydrogens (tertiary/aromatic N) is 1. The maximum atomic E-state index is 12.6. The molecule has 2 heterocycles. The Morgan fingerprint density at radius 1 is 0.946 bits per heavy atom. The summed E-state index contributed by atoms with van der Waals surface area (Å²) >= 11 is 15.9. The molecule has 3 aromatic carbocycles. The Bertz CT molecular complexity index is 1500. The van der Waals surface area contributed by atoms with Crippen LogP contribution in [0.4, 0.5) is 5.00 Å². The molecule has 9 heteroatoms. The Balaban J connectivity index is 1.48. The number of thiocarbonyl (C=S) groups is 1. The molecular formula is C28H19Br2N3OS3. The smallest absolute Gasteiger partial charge is 0.257 e. The lowest BCUT2D eigenvalue weighted by atomic mass is 9.97. The fourth-order valence-corrected chi connectivity index (χ4v) is 7.98. The Hall–Kier alpha value is -2.48. The van der Waals surface area contributed by atoms with E-state index < -0.39 is 0 Å². The number of thioether (sulfide) groups is 1. The topological polar surface area (TPSA) is 64.9 Å². The highest BCUT2D eigenvalue weighted by Gasteiger charge is 2.35. The zero-order valence-electron chi connectivity index (χ0n) is 19.2. The first-order valence-electron chi connectivity index (χ1n) is 11.3. The minimum atomic E-state index is -0.295. The number of anilines is 1. The third-order valence-electron chi connectivity index (χ3n) is 5.98. The minimum absolute atomic E-state index is 0.0608. The first-order valence-corrected chi connectivity index (χ1v) is 15.1. The normalized spacial score (nSPS) is 16.4. The number of thiophene rings is 1. The molecule has 0 saturated heterocycles. The molecule has 0 saturated carbocycles. The fraction of sp³-hybridized carbons (Fsp3) is 0.107. The lowest BCUT2D eigenvalue weighted by Crippen LogP contribution is -2.34. The number of hydrogen-bond donors (Lipinski definition) is 2. The van der Waals surface area contributed by atoms with E-state index in [1.807, 2.05) is 30.0 Å². The van der Waals surface area contributed by atoms with Gasteiger partial charge in [0.25, 0.3) is 5.91 Å². The third-order valence-corrected chi connectivity index (χ3v) is 10.2. The molecule has 1 aromatic heterocycles. The van der Waals surface area contributed by atoms with Gasteiger partial charge in [0.05, 0.1) is 10.8 Å². The predicted molar refractivity (Wildman–Crippen MR) is 163 cm³/mol. The van der Waals surface area contributed by atoms with Crippen LogP contribution < -0.4 is 10.6 Å². The number of nitriles is 1. The van der Waals surface area contributed by atoms with Crippen LogP contribution in [0.5, 0.6) is 0 Å². The van der Waals surface area contributed by atoms with Gasteiger partial charge < -0.3 is 5.32 Å². The number of carbonyl (C=O) groups is 1. The Kier molecular flexibility index (Phi) is 8.12. The molecule has 0 bridgehead atoms. The highest BCUT2D eigenvalue weighted by molar-refractivity contribution is 9.10. The largest absolute Gasteiger partial charge is 0.323 e. The van der Waals surface area contributed by atoms with Gasteiger partial charge in [0.1, 0.15) is 11.1 Å². The lowest BCUT2D eigenvalue weighted by Gasteiger charge is -2.30. The number of benzene rings is 3. The van der Waals surface area contributed by atoms with E-state index in [-0.39, 0.29) is 21.5 Å². The summed E-state index contributed by atoms with van der Waals surface area (Å²) < 4.78 is 2.06. The van der Waals surface area contributed by atoms with Crippen LogP contribution in [0.2, 0.25) is 0 Å². The van der Waals surface area contributed by atoms with Gasteiger partial charge in [-0.15, -0.1) is 23.1 Å². The van der Waals surface area contributed by atoms with Gasteiger partial charge in [-0.1, -0.05) is 74.3 Å². The van der Waals surface area contributed by atoms with Crippen molar-refractivity contribution < 1.29 is 4.79 Å². The Labute approximate surface area is 245 Å². The van der Waals surface area contributed by atoms with E-state index in [9.17, 15) is 10.1 Å². The molecule has 4 nitrogen and oxygen atoms in total. The molecule has 0 radical (unpaired) electrons. The molecule has 2 atom stereocenters. The second-order valence-electron chi connectivity index (χ2n) is 8.35. The maximum Gasteiger partial charge on any atom is 0.257 e. The zero-order valence-corrected chi connectivity index (χ0v) is 24.8. The quantitative estimate of drug-likeness (QED) is 0.214. The van der Waals surface area contributed by atoms with Crippen LogP contribution in [-0.4, -0.2) is 11.0 Å². The molecule has 2 unspecified atom stereocenters. The van der Waals surface area contributed by atoms with E-state index in [0.717, 1.165) is 25.8 Å². The number of hydrogen-bond acceptors (Lipinski definition) is 5. The van der Waals surface area contributed by atoms with Crippen LogP contribution in [-0.2, 0) is 6.42 Å². The molecule has 37 heavy (non-hydrogen) atoms. The fourth-order valence-electron chi connectivity index (χ4n) is 4.20. The van der Waals surface area contributed by atoms with E-state index >= 15 is 0 Å².